The van der Waals surface area contributed by atoms with Crippen LogP contribution in [0.25, 0.3) is 0 Å². The number of nitrogens with one attached hydrogen (secondary N) is 1. The Morgan fingerprint density at radius 3 is 2.36 bits per heavy atom. The molecule has 140 valence electrons. The van der Waals surface area contributed by atoms with Gasteiger partial charge in [0.1, 0.15) is 6.61 Å². The summed E-state index contributed by atoms with van der Waals surface area (Å²) in [5, 5.41) is 12.3. The first-order valence-electron chi connectivity index (χ1n) is 8.52. The van der Waals surface area contributed by atoms with Gasteiger partial charge in [-0.3, -0.25) is 4.79 Å². The third kappa shape index (κ3) is 9.72. The first-order valence-corrected chi connectivity index (χ1v) is 8.52. The standard InChI is InChI=1S/C19H29NO5/c1-14(2)16(12-17(21)24-11-10-19(3,4)23)20-18(22)25-13-15-8-6-5-7-9-15/h5-9,14,16,23H,10-13H2,1-4H3,(H,20,22)/t16-/m1/s1. The molecule has 0 fully saturated rings. The van der Waals surface area contributed by atoms with Crippen molar-refractivity contribution in [2.24, 2.45) is 5.92 Å². The third-order valence-corrected chi connectivity index (χ3v) is 3.68. The second-order valence-corrected chi connectivity index (χ2v) is 7.04. The second-order valence-electron chi connectivity index (χ2n) is 7.04. The van der Waals surface area contributed by atoms with Crippen LogP contribution in [-0.4, -0.2) is 35.4 Å². The van der Waals surface area contributed by atoms with Crippen molar-refractivity contribution in [3.05, 3.63) is 35.9 Å². The van der Waals surface area contributed by atoms with E-state index >= 15 is 0 Å². The summed E-state index contributed by atoms with van der Waals surface area (Å²) < 4.78 is 10.3. The van der Waals surface area contributed by atoms with Crippen LogP contribution in [-0.2, 0) is 20.9 Å². The Bertz CT molecular complexity index is 536. The van der Waals surface area contributed by atoms with Gasteiger partial charge in [-0.2, -0.15) is 0 Å². The summed E-state index contributed by atoms with van der Waals surface area (Å²) in [5.41, 5.74) is 0.0156. The molecule has 6 nitrogen and oxygen atoms in total. The van der Waals surface area contributed by atoms with Crippen LogP contribution in [0.1, 0.15) is 46.1 Å². The van der Waals surface area contributed by atoms with Gasteiger partial charge < -0.3 is 19.9 Å². The van der Waals surface area contributed by atoms with Crippen molar-refractivity contribution in [2.75, 3.05) is 6.61 Å². The van der Waals surface area contributed by atoms with Crippen molar-refractivity contribution >= 4 is 12.1 Å². The van der Waals surface area contributed by atoms with Crippen LogP contribution >= 0.6 is 0 Å². The van der Waals surface area contributed by atoms with Crippen molar-refractivity contribution in [1.82, 2.24) is 5.32 Å². The highest BCUT2D eigenvalue weighted by Gasteiger charge is 2.22. The molecule has 1 aromatic rings. The summed E-state index contributed by atoms with van der Waals surface area (Å²) in [6.45, 7) is 7.45. The maximum Gasteiger partial charge on any atom is 0.407 e. The van der Waals surface area contributed by atoms with Gasteiger partial charge in [-0.15, -0.1) is 0 Å². The second kappa shape index (κ2) is 10.0. The zero-order chi connectivity index (χ0) is 18.9. The lowest BCUT2D eigenvalue weighted by molar-refractivity contribution is -0.145. The Hall–Kier alpha value is -2.08. The molecule has 0 heterocycles. The molecule has 0 aliphatic heterocycles. The zero-order valence-electron chi connectivity index (χ0n) is 15.5. The van der Waals surface area contributed by atoms with Crippen LogP contribution in [0.4, 0.5) is 4.79 Å². The topological polar surface area (TPSA) is 84.9 Å². The number of rotatable bonds is 9. The van der Waals surface area contributed by atoms with Crippen molar-refractivity contribution in [2.45, 2.75) is 58.8 Å². The molecular formula is C19H29NO5. The maximum absolute atomic E-state index is 11.9. The predicted octanol–water partition coefficient (Wildman–Crippen LogP) is 3.03. The number of alkyl carbamates (subject to hydrolysis) is 1. The summed E-state index contributed by atoms with van der Waals surface area (Å²) in [6, 6.07) is 8.99. The van der Waals surface area contributed by atoms with E-state index in [2.05, 4.69) is 5.32 Å². The molecule has 0 unspecified atom stereocenters. The van der Waals surface area contributed by atoms with Crippen molar-refractivity contribution in [3.8, 4) is 0 Å². The molecule has 1 atom stereocenters. The molecule has 1 rings (SSSR count). The number of hydrogen-bond acceptors (Lipinski definition) is 5. The highest BCUT2D eigenvalue weighted by atomic mass is 16.5. The highest BCUT2D eigenvalue weighted by Crippen LogP contribution is 2.11. The Morgan fingerprint density at radius 1 is 1.16 bits per heavy atom. The monoisotopic (exact) mass is 351 g/mol. The van der Waals surface area contributed by atoms with Gasteiger partial charge in [0, 0.05) is 12.5 Å². The molecule has 0 aromatic heterocycles. The smallest absolute Gasteiger partial charge is 0.407 e. The average Bonchev–Trinajstić information content (AvgIpc) is 2.52. The number of benzene rings is 1. The minimum absolute atomic E-state index is 0.0473. The van der Waals surface area contributed by atoms with E-state index in [1.54, 1.807) is 13.8 Å². The van der Waals surface area contributed by atoms with E-state index in [1.807, 2.05) is 44.2 Å². The Labute approximate surface area is 149 Å². The quantitative estimate of drug-likeness (QED) is 0.668. The molecule has 6 heteroatoms. The van der Waals surface area contributed by atoms with Gasteiger partial charge in [0.25, 0.3) is 0 Å². The Kier molecular flexibility index (Phi) is 8.41. The number of carbonyl (C=O) groups is 2. The van der Waals surface area contributed by atoms with Crippen LogP contribution in [0.2, 0.25) is 0 Å². The fraction of sp³-hybridized carbons (Fsp3) is 0.579. The Morgan fingerprint density at radius 2 is 1.80 bits per heavy atom. The van der Waals surface area contributed by atoms with E-state index in [-0.39, 0.29) is 31.6 Å². The summed E-state index contributed by atoms with van der Waals surface area (Å²) in [5.74, 6) is -0.364. The predicted molar refractivity (Wildman–Crippen MR) is 94.9 cm³/mol. The minimum Gasteiger partial charge on any atom is -0.466 e. The molecule has 0 radical (unpaired) electrons. The van der Waals surface area contributed by atoms with E-state index in [4.69, 9.17) is 9.47 Å². The van der Waals surface area contributed by atoms with Crippen LogP contribution in [0, 0.1) is 5.92 Å². The number of amides is 1. The van der Waals surface area contributed by atoms with Crippen molar-refractivity contribution in [3.63, 3.8) is 0 Å². The molecule has 0 aliphatic carbocycles. The molecule has 1 amide bonds. The molecule has 0 saturated carbocycles. The third-order valence-electron chi connectivity index (χ3n) is 3.68. The first kappa shape index (κ1) is 21.0. The van der Waals surface area contributed by atoms with Gasteiger partial charge in [-0.05, 0) is 25.3 Å². The summed E-state index contributed by atoms with van der Waals surface area (Å²) in [4.78, 5) is 23.8. The van der Waals surface area contributed by atoms with Crippen LogP contribution < -0.4 is 5.32 Å². The van der Waals surface area contributed by atoms with Crippen LogP contribution in [0.5, 0.6) is 0 Å². The average molecular weight is 351 g/mol. The van der Waals surface area contributed by atoms with Gasteiger partial charge in [0.15, 0.2) is 0 Å². The van der Waals surface area contributed by atoms with Gasteiger partial charge in [0.05, 0.1) is 18.6 Å². The molecule has 2 N–H and O–H groups in total. The minimum atomic E-state index is -0.878. The molecule has 0 aliphatic rings. The highest BCUT2D eigenvalue weighted by molar-refractivity contribution is 5.72. The molecule has 0 spiro atoms. The maximum atomic E-state index is 11.9. The van der Waals surface area contributed by atoms with E-state index in [9.17, 15) is 14.7 Å². The van der Waals surface area contributed by atoms with Crippen molar-refractivity contribution < 1.29 is 24.2 Å². The fourth-order valence-corrected chi connectivity index (χ4v) is 2.02. The Balaban J connectivity index is 2.40. The lowest BCUT2D eigenvalue weighted by atomic mass is 10.0. The molecule has 0 saturated heterocycles. The van der Waals surface area contributed by atoms with Crippen LogP contribution in [0.3, 0.4) is 0 Å². The lowest BCUT2D eigenvalue weighted by Gasteiger charge is -2.22. The van der Waals surface area contributed by atoms with Gasteiger partial charge in [-0.25, -0.2) is 4.79 Å². The van der Waals surface area contributed by atoms with E-state index in [0.29, 0.717) is 6.42 Å². The largest absolute Gasteiger partial charge is 0.466 e. The summed E-state index contributed by atoms with van der Waals surface area (Å²) in [6.07, 6.45) is -0.145. The number of carbonyl (C=O) groups excluding carboxylic acids is 2. The normalized spacial score (nSPS) is 12.6. The summed E-state index contributed by atoms with van der Waals surface area (Å²) in [7, 11) is 0. The SMILES string of the molecule is CC(C)[C@@H](CC(=O)OCCC(C)(C)O)NC(=O)OCc1ccccc1. The van der Waals surface area contributed by atoms with E-state index in [1.165, 1.54) is 0 Å². The number of aliphatic hydroxyl groups is 1. The van der Waals surface area contributed by atoms with Crippen LogP contribution in [0.15, 0.2) is 30.3 Å². The zero-order valence-corrected chi connectivity index (χ0v) is 15.5. The summed E-state index contributed by atoms with van der Waals surface area (Å²) >= 11 is 0. The van der Waals surface area contributed by atoms with Gasteiger partial charge in [0.2, 0.25) is 0 Å². The molecule has 25 heavy (non-hydrogen) atoms. The van der Waals surface area contributed by atoms with E-state index < -0.39 is 17.7 Å². The first-order chi connectivity index (χ1) is 11.7. The number of hydrogen-bond donors (Lipinski definition) is 2. The fourth-order valence-electron chi connectivity index (χ4n) is 2.02. The van der Waals surface area contributed by atoms with E-state index in [0.717, 1.165) is 5.56 Å². The van der Waals surface area contributed by atoms with Gasteiger partial charge in [-0.1, -0.05) is 44.2 Å². The molecule has 1 aromatic carbocycles. The van der Waals surface area contributed by atoms with Crippen molar-refractivity contribution in [1.29, 1.82) is 0 Å². The van der Waals surface area contributed by atoms with Gasteiger partial charge >= 0.3 is 12.1 Å². The number of ether oxygens (including phenoxy) is 2. The number of esters is 1. The lowest BCUT2D eigenvalue weighted by Crippen LogP contribution is -2.40. The molecular weight excluding hydrogens is 322 g/mol. The molecule has 0 bridgehead atoms.